The fraction of sp³-hybridized carbons (Fsp3) is 0.231. The number of hydrogen-bond acceptors (Lipinski definition) is 5. The lowest BCUT2D eigenvalue weighted by Crippen LogP contribution is -2.36. The topological polar surface area (TPSA) is 119 Å². The maximum Gasteiger partial charge on any atom is 0.342 e. The van der Waals surface area contributed by atoms with Crippen LogP contribution in [0.1, 0.15) is 17.3 Å². The van der Waals surface area contributed by atoms with Crippen LogP contribution in [0, 0.1) is 10.1 Å². The Balaban J connectivity index is 2.92. The van der Waals surface area contributed by atoms with Crippen LogP contribution in [-0.2, 0) is 4.79 Å². The Labute approximate surface area is 120 Å². The molecule has 0 aliphatic heterocycles. The summed E-state index contributed by atoms with van der Waals surface area (Å²) in [6.45, 7) is 5.19. The molecular weight excluding hydrogens is 280 g/mol. The second-order valence-electron chi connectivity index (χ2n) is 4.04. The Morgan fingerprint density at radius 1 is 1.57 bits per heavy atom. The number of carbonyl (C=O) groups is 2. The first kappa shape index (κ1) is 16.2. The zero-order valence-corrected chi connectivity index (χ0v) is 11.2. The fourth-order valence-electron chi connectivity index (χ4n) is 1.49. The van der Waals surface area contributed by atoms with Crippen molar-refractivity contribution in [3.05, 3.63) is 46.5 Å². The molecule has 1 aromatic carbocycles. The van der Waals surface area contributed by atoms with Gasteiger partial charge in [0.15, 0.2) is 6.10 Å². The van der Waals surface area contributed by atoms with Gasteiger partial charge in [-0.1, -0.05) is 6.08 Å². The van der Waals surface area contributed by atoms with Crippen LogP contribution >= 0.6 is 0 Å². The summed E-state index contributed by atoms with van der Waals surface area (Å²) in [6, 6.07) is 3.27. The van der Waals surface area contributed by atoms with Gasteiger partial charge in [-0.3, -0.25) is 14.9 Å². The Hall–Kier alpha value is -2.90. The van der Waals surface area contributed by atoms with E-state index in [9.17, 15) is 19.7 Å². The maximum atomic E-state index is 11.6. The van der Waals surface area contributed by atoms with Crippen molar-refractivity contribution in [2.24, 2.45) is 0 Å². The highest BCUT2D eigenvalue weighted by Crippen LogP contribution is 2.24. The van der Waals surface area contributed by atoms with Gasteiger partial charge >= 0.3 is 5.97 Å². The molecule has 0 aliphatic rings. The average molecular weight is 294 g/mol. The van der Waals surface area contributed by atoms with Crippen molar-refractivity contribution >= 4 is 17.6 Å². The predicted molar refractivity (Wildman–Crippen MR) is 73.4 cm³/mol. The number of aromatic carboxylic acids is 1. The van der Waals surface area contributed by atoms with Crippen LogP contribution in [0.3, 0.4) is 0 Å². The molecule has 1 rings (SSSR count). The third-order valence-electron chi connectivity index (χ3n) is 2.50. The minimum absolute atomic E-state index is 0.0549. The quantitative estimate of drug-likeness (QED) is 0.445. The summed E-state index contributed by atoms with van der Waals surface area (Å²) in [5.74, 6) is -1.81. The summed E-state index contributed by atoms with van der Waals surface area (Å²) in [5.41, 5.74) is -1.05. The smallest absolute Gasteiger partial charge is 0.342 e. The van der Waals surface area contributed by atoms with Crippen molar-refractivity contribution in [1.29, 1.82) is 0 Å². The molecule has 8 heteroatoms. The Kier molecular flexibility index (Phi) is 5.41. The first-order chi connectivity index (χ1) is 9.86. The summed E-state index contributed by atoms with van der Waals surface area (Å²) in [4.78, 5) is 32.5. The molecule has 1 amide bonds. The van der Waals surface area contributed by atoms with Crippen LogP contribution in [0.5, 0.6) is 5.75 Å². The number of amides is 1. The number of carboxylic acids is 1. The Bertz CT molecular complexity index is 584. The van der Waals surface area contributed by atoms with E-state index < -0.39 is 34.2 Å². The van der Waals surface area contributed by atoms with Crippen molar-refractivity contribution in [3.63, 3.8) is 0 Å². The van der Waals surface area contributed by atoms with E-state index in [-0.39, 0.29) is 12.3 Å². The zero-order chi connectivity index (χ0) is 16.0. The first-order valence-corrected chi connectivity index (χ1v) is 5.93. The average Bonchev–Trinajstić information content (AvgIpc) is 2.44. The predicted octanol–water partition coefficient (Wildman–Crippen LogP) is 1.36. The lowest BCUT2D eigenvalue weighted by molar-refractivity contribution is -0.385. The van der Waals surface area contributed by atoms with Crippen LogP contribution in [0.15, 0.2) is 30.9 Å². The molecule has 0 fully saturated rings. The molecule has 2 N–H and O–H groups in total. The summed E-state index contributed by atoms with van der Waals surface area (Å²) >= 11 is 0. The van der Waals surface area contributed by atoms with Crippen LogP contribution in [0.2, 0.25) is 0 Å². The highest BCUT2D eigenvalue weighted by atomic mass is 16.6. The lowest BCUT2D eigenvalue weighted by atomic mass is 10.1. The molecule has 21 heavy (non-hydrogen) atoms. The van der Waals surface area contributed by atoms with Crippen LogP contribution in [0.25, 0.3) is 0 Å². The van der Waals surface area contributed by atoms with Gasteiger partial charge in [-0.2, -0.15) is 0 Å². The molecule has 0 spiro atoms. The van der Waals surface area contributed by atoms with Gasteiger partial charge in [0.1, 0.15) is 11.3 Å². The van der Waals surface area contributed by atoms with E-state index in [0.717, 1.165) is 12.1 Å². The van der Waals surface area contributed by atoms with Gasteiger partial charge < -0.3 is 15.2 Å². The molecule has 112 valence electrons. The minimum atomic E-state index is -1.45. The SMILES string of the molecule is C=CCNC(=O)C(C)Oc1ccc([N+](=O)[O-])c(C(=O)O)c1. The number of hydrogen-bond donors (Lipinski definition) is 2. The van der Waals surface area contributed by atoms with E-state index in [4.69, 9.17) is 9.84 Å². The molecule has 0 saturated carbocycles. The van der Waals surface area contributed by atoms with E-state index in [1.54, 1.807) is 0 Å². The summed E-state index contributed by atoms with van der Waals surface area (Å²) in [6.07, 6.45) is 0.618. The maximum absolute atomic E-state index is 11.6. The highest BCUT2D eigenvalue weighted by Gasteiger charge is 2.22. The van der Waals surface area contributed by atoms with Crippen molar-refractivity contribution in [3.8, 4) is 5.75 Å². The normalized spacial score (nSPS) is 11.3. The van der Waals surface area contributed by atoms with Crippen molar-refractivity contribution in [2.45, 2.75) is 13.0 Å². The van der Waals surface area contributed by atoms with E-state index in [0.29, 0.717) is 0 Å². The van der Waals surface area contributed by atoms with Crippen molar-refractivity contribution in [2.75, 3.05) is 6.54 Å². The second kappa shape index (κ2) is 7.04. The summed E-state index contributed by atoms with van der Waals surface area (Å²) in [7, 11) is 0. The minimum Gasteiger partial charge on any atom is -0.481 e. The lowest BCUT2D eigenvalue weighted by Gasteiger charge is -2.14. The first-order valence-electron chi connectivity index (χ1n) is 5.93. The van der Waals surface area contributed by atoms with E-state index in [1.165, 1.54) is 19.1 Å². The molecule has 0 aromatic heterocycles. The monoisotopic (exact) mass is 294 g/mol. The van der Waals surface area contributed by atoms with Crippen LogP contribution in [0.4, 0.5) is 5.69 Å². The van der Waals surface area contributed by atoms with Crippen LogP contribution in [-0.4, -0.2) is 34.6 Å². The molecule has 0 saturated heterocycles. The molecule has 0 aliphatic carbocycles. The second-order valence-corrected chi connectivity index (χ2v) is 4.04. The molecule has 1 unspecified atom stereocenters. The number of nitro groups is 1. The van der Waals surface area contributed by atoms with Gasteiger partial charge in [-0.05, 0) is 13.0 Å². The largest absolute Gasteiger partial charge is 0.481 e. The van der Waals surface area contributed by atoms with Gasteiger partial charge in [0.25, 0.3) is 11.6 Å². The third kappa shape index (κ3) is 4.30. The molecule has 0 heterocycles. The van der Waals surface area contributed by atoms with Gasteiger partial charge in [-0.15, -0.1) is 6.58 Å². The summed E-state index contributed by atoms with van der Waals surface area (Å²) in [5, 5.41) is 22.2. The molecule has 0 radical (unpaired) electrons. The number of rotatable bonds is 7. The third-order valence-corrected chi connectivity index (χ3v) is 2.50. The number of carbonyl (C=O) groups excluding carboxylic acids is 1. The number of ether oxygens (including phenoxy) is 1. The molecule has 0 bridgehead atoms. The standard InChI is InChI=1S/C13H14N2O6/c1-3-6-14-12(16)8(2)21-9-4-5-11(15(19)20)10(7-9)13(17)18/h3-5,7-8H,1,6H2,2H3,(H,14,16)(H,17,18). The van der Waals surface area contributed by atoms with E-state index >= 15 is 0 Å². The van der Waals surface area contributed by atoms with E-state index in [1.807, 2.05) is 0 Å². The van der Waals surface area contributed by atoms with Gasteiger partial charge in [0, 0.05) is 18.7 Å². The number of carboxylic acid groups (broad SMARTS) is 1. The molecule has 8 nitrogen and oxygen atoms in total. The molecule has 1 atom stereocenters. The molecule has 1 aromatic rings. The van der Waals surface area contributed by atoms with Gasteiger partial charge in [0.05, 0.1) is 4.92 Å². The zero-order valence-electron chi connectivity index (χ0n) is 11.2. The number of nitro benzene ring substituents is 1. The van der Waals surface area contributed by atoms with Crippen molar-refractivity contribution < 1.29 is 24.4 Å². The Morgan fingerprint density at radius 3 is 2.76 bits per heavy atom. The summed E-state index contributed by atoms with van der Waals surface area (Å²) < 4.78 is 5.27. The number of benzene rings is 1. The highest BCUT2D eigenvalue weighted by molar-refractivity contribution is 5.93. The number of nitrogens with zero attached hydrogens (tertiary/aromatic N) is 1. The fourth-order valence-corrected chi connectivity index (χ4v) is 1.49. The van der Waals surface area contributed by atoms with Gasteiger partial charge in [-0.25, -0.2) is 4.79 Å². The van der Waals surface area contributed by atoms with E-state index in [2.05, 4.69) is 11.9 Å². The van der Waals surface area contributed by atoms with Crippen molar-refractivity contribution in [1.82, 2.24) is 5.32 Å². The van der Waals surface area contributed by atoms with Crippen LogP contribution < -0.4 is 10.1 Å². The number of nitrogens with one attached hydrogen (secondary N) is 1. The van der Waals surface area contributed by atoms with Gasteiger partial charge in [0.2, 0.25) is 0 Å². The Morgan fingerprint density at radius 2 is 2.24 bits per heavy atom. The molecular formula is C13H14N2O6.